The molecule has 0 fully saturated rings. The van der Waals surface area contributed by atoms with Gasteiger partial charge in [-0.25, -0.2) is 9.67 Å². The van der Waals surface area contributed by atoms with Gasteiger partial charge in [0.2, 0.25) is 0 Å². The van der Waals surface area contributed by atoms with Crippen LogP contribution in [0.1, 0.15) is 36.1 Å². The normalized spacial score (nSPS) is 10.5. The van der Waals surface area contributed by atoms with Gasteiger partial charge in [0.05, 0.1) is 5.69 Å². The van der Waals surface area contributed by atoms with Crippen LogP contribution in [0.4, 0.5) is 0 Å². The zero-order valence-corrected chi connectivity index (χ0v) is 20.1. The van der Waals surface area contributed by atoms with Gasteiger partial charge in [0, 0.05) is 15.6 Å². The Morgan fingerprint density at radius 2 is 1.30 bits per heavy atom. The minimum absolute atomic E-state index is 0.743. The van der Waals surface area contributed by atoms with E-state index in [1.165, 1.54) is 11.1 Å². The Labute approximate surface area is 187 Å². The number of hydrogen-bond acceptors (Lipinski definition) is 2. The summed E-state index contributed by atoms with van der Waals surface area (Å²) >= 11 is 3.60. The van der Waals surface area contributed by atoms with Crippen molar-refractivity contribution in [2.24, 2.45) is 0 Å². The van der Waals surface area contributed by atoms with Crippen LogP contribution < -0.4 is 0 Å². The number of halogens is 1. The molecule has 3 aromatic carbocycles. The van der Waals surface area contributed by atoms with Gasteiger partial charge in [-0.05, 0) is 63.1 Å². The first-order valence-electron chi connectivity index (χ1n) is 10.3. The molecule has 0 saturated carbocycles. The van der Waals surface area contributed by atoms with Crippen LogP contribution in [0.15, 0.2) is 65.1 Å². The Morgan fingerprint density at radius 1 is 0.733 bits per heavy atom. The summed E-state index contributed by atoms with van der Waals surface area (Å²) in [5.41, 5.74) is 7.90. The van der Waals surface area contributed by atoms with Crippen molar-refractivity contribution in [2.75, 3.05) is 0 Å². The fourth-order valence-corrected chi connectivity index (χ4v) is 4.39. The quantitative estimate of drug-likeness (QED) is 0.314. The minimum Gasteiger partial charge on any atom is -0.212 e. The van der Waals surface area contributed by atoms with E-state index in [0.717, 1.165) is 44.1 Å². The number of benzene rings is 3. The van der Waals surface area contributed by atoms with Crippen molar-refractivity contribution in [1.29, 1.82) is 0 Å². The predicted molar refractivity (Wildman–Crippen MR) is 130 cm³/mol. The van der Waals surface area contributed by atoms with Crippen molar-refractivity contribution < 1.29 is 0 Å². The van der Waals surface area contributed by atoms with E-state index in [-0.39, 0.29) is 0 Å². The Bertz CT molecular complexity index is 1120. The molecule has 0 aliphatic rings. The number of nitrogens with zero attached hydrogens (tertiary/aromatic N) is 3. The molecule has 4 aromatic rings. The molecule has 4 rings (SSSR count). The second-order valence-corrected chi connectivity index (χ2v) is 8.22. The fourth-order valence-electron chi connectivity index (χ4n) is 3.71. The average molecular weight is 462 g/mol. The van der Waals surface area contributed by atoms with Crippen LogP contribution in [-0.4, -0.2) is 14.8 Å². The van der Waals surface area contributed by atoms with Crippen molar-refractivity contribution in [3.8, 4) is 28.5 Å². The van der Waals surface area contributed by atoms with Crippen molar-refractivity contribution in [1.82, 2.24) is 14.8 Å². The summed E-state index contributed by atoms with van der Waals surface area (Å²) in [5, 5.41) is 4.95. The molecule has 4 heteroatoms. The Balaban J connectivity index is 0.00000124. The fraction of sp³-hybridized carbons (Fsp3) is 0.231. The van der Waals surface area contributed by atoms with E-state index in [4.69, 9.17) is 10.1 Å². The monoisotopic (exact) mass is 461 g/mol. The summed E-state index contributed by atoms with van der Waals surface area (Å²) in [7, 11) is 0. The van der Waals surface area contributed by atoms with Crippen LogP contribution in [0.3, 0.4) is 0 Å². The first kappa shape index (κ1) is 22.0. The molecular weight excluding hydrogens is 434 g/mol. The molecule has 0 aliphatic heterocycles. The third-order valence-electron chi connectivity index (χ3n) is 4.79. The van der Waals surface area contributed by atoms with Gasteiger partial charge in [-0.15, -0.1) is 5.10 Å². The smallest absolute Gasteiger partial charge is 0.182 e. The molecule has 0 N–H and O–H groups in total. The van der Waals surface area contributed by atoms with E-state index >= 15 is 0 Å². The van der Waals surface area contributed by atoms with Crippen molar-refractivity contribution >= 4 is 15.9 Å². The molecule has 0 aliphatic carbocycles. The summed E-state index contributed by atoms with van der Waals surface area (Å²) < 4.78 is 3.06. The van der Waals surface area contributed by atoms with Crippen LogP contribution in [0.25, 0.3) is 28.5 Å². The van der Waals surface area contributed by atoms with Crippen molar-refractivity contribution in [3.63, 3.8) is 0 Å². The van der Waals surface area contributed by atoms with Crippen LogP contribution >= 0.6 is 15.9 Å². The van der Waals surface area contributed by atoms with E-state index in [9.17, 15) is 0 Å². The lowest BCUT2D eigenvalue weighted by Gasteiger charge is -2.13. The van der Waals surface area contributed by atoms with E-state index in [1.54, 1.807) is 0 Å². The predicted octanol–water partition coefficient (Wildman–Crippen LogP) is 7.62. The van der Waals surface area contributed by atoms with Crippen molar-refractivity contribution in [3.05, 3.63) is 87.4 Å². The second-order valence-electron chi connectivity index (χ2n) is 7.30. The van der Waals surface area contributed by atoms with Gasteiger partial charge < -0.3 is 0 Å². The first-order valence-corrected chi connectivity index (χ1v) is 11.1. The molecule has 1 aromatic heterocycles. The third-order valence-corrected chi connectivity index (χ3v) is 5.24. The molecule has 0 atom stereocenters. The molecule has 0 bridgehead atoms. The molecule has 30 heavy (non-hydrogen) atoms. The maximum Gasteiger partial charge on any atom is 0.182 e. The highest BCUT2D eigenvalue weighted by Crippen LogP contribution is 2.30. The highest BCUT2D eigenvalue weighted by Gasteiger charge is 2.18. The van der Waals surface area contributed by atoms with Gasteiger partial charge in [0.15, 0.2) is 11.6 Å². The largest absolute Gasteiger partial charge is 0.212 e. The molecule has 0 spiro atoms. The third kappa shape index (κ3) is 4.54. The molecular formula is C26H28BrN3. The standard InChI is InChI=1S/C24H22BrN3.C2H6/c1-15-10-16(2)12-20(11-15)23-26-24(19-8-6-5-7-9-19)28(27-23)22-17(3)13-21(25)14-18(22)4;1-2/h5-14H,1-4H3;1-2H3. The van der Waals surface area contributed by atoms with E-state index in [0.29, 0.717) is 0 Å². The van der Waals surface area contributed by atoms with E-state index in [2.05, 4.69) is 86.1 Å². The molecule has 0 saturated heterocycles. The maximum atomic E-state index is 4.95. The molecule has 0 unspecified atom stereocenters. The molecule has 1 heterocycles. The highest BCUT2D eigenvalue weighted by molar-refractivity contribution is 9.10. The first-order chi connectivity index (χ1) is 14.4. The Hall–Kier alpha value is -2.72. The summed E-state index contributed by atoms with van der Waals surface area (Å²) in [5.74, 6) is 1.59. The Kier molecular flexibility index (Phi) is 6.88. The zero-order chi connectivity index (χ0) is 21.8. The minimum atomic E-state index is 0.743. The highest BCUT2D eigenvalue weighted by atomic mass is 79.9. The van der Waals surface area contributed by atoms with Crippen LogP contribution in [-0.2, 0) is 0 Å². The van der Waals surface area contributed by atoms with Gasteiger partial charge in [-0.2, -0.15) is 0 Å². The van der Waals surface area contributed by atoms with Crippen LogP contribution in [0.5, 0.6) is 0 Å². The summed E-state index contributed by atoms with van der Waals surface area (Å²) in [6.07, 6.45) is 0. The number of aromatic nitrogens is 3. The zero-order valence-electron chi connectivity index (χ0n) is 18.5. The summed E-state index contributed by atoms with van der Waals surface area (Å²) in [6.45, 7) is 12.4. The lowest BCUT2D eigenvalue weighted by atomic mass is 10.1. The lowest BCUT2D eigenvalue weighted by Crippen LogP contribution is -2.04. The van der Waals surface area contributed by atoms with Gasteiger partial charge in [0.1, 0.15) is 0 Å². The SMILES string of the molecule is CC.Cc1cc(C)cc(-c2nc(-c3ccccc3)n(-c3c(C)cc(Br)cc3C)n2)c1. The van der Waals surface area contributed by atoms with Crippen LogP contribution in [0, 0.1) is 27.7 Å². The van der Waals surface area contributed by atoms with Gasteiger partial charge in [-0.1, -0.05) is 77.3 Å². The molecule has 0 radical (unpaired) electrons. The lowest BCUT2D eigenvalue weighted by molar-refractivity contribution is 0.873. The summed E-state index contributed by atoms with van der Waals surface area (Å²) in [4.78, 5) is 4.95. The van der Waals surface area contributed by atoms with Gasteiger partial charge in [-0.3, -0.25) is 0 Å². The van der Waals surface area contributed by atoms with E-state index in [1.807, 2.05) is 36.7 Å². The average Bonchev–Trinajstić information content (AvgIpc) is 3.14. The van der Waals surface area contributed by atoms with Crippen LogP contribution in [0.2, 0.25) is 0 Å². The van der Waals surface area contributed by atoms with Gasteiger partial charge in [0.25, 0.3) is 0 Å². The van der Waals surface area contributed by atoms with Crippen molar-refractivity contribution in [2.45, 2.75) is 41.5 Å². The molecule has 154 valence electrons. The maximum absolute atomic E-state index is 4.95. The number of rotatable bonds is 3. The second kappa shape index (κ2) is 9.40. The topological polar surface area (TPSA) is 30.7 Å². The number of aryl methyl sites for hydroxylation is 4. The Morgan fingerprint density at radius 3 is 1.87 bits per heavy atom. The molecule has 3 nitrogen and oxygen atoms in total. The number of hydrogen-bond donors (Lipinski definition) is 0. The summed E-state index contributed by atoms with van der Waals surface area (Å²) in [6, 6.07) is 20.9. The van der Waals surface area contributed by atoms with E-state index < -0.39 is 0 Å². The molecule has 0 amide bonds. The van der Waals surface area contributed by atoms with Gasteiger partial charge >= 0.3 is 0 Å².